The molecule has 0 aliphatic heterocycles. The molecule has 0 saturated carbocycles. The fourth-order valence-electron chi connectivity index (χ4n) is 1.91. The van der Waals surface area contributed by atoms with Crippen molar-refractivity contribution in [1.29, 1.82) is 0 Å². The number of hydrogen-bond acceptors (Lipinski definition) is 3. The number of furan rings is 1. The Kier molecular flexibility index (Phi) is 3.72. The summed E-state index contributed by atoms with van der Waals surface area (Å²) < 4.78 is 11.2. The Morgan fingerprint density at radius 1 is 1.17 bits per heavy atom. The maximum absolute atomic E-state index is 5.81. The first-order valence-electron chi connectivity index (χ1n) is 6.07. The van der Waals surface area contributed by atoms with Gasteiger partial charge in [0.1, 0.15) is 18.1 Å². The lowest BCUT2D eigenvalue weighted by atomic mass is 10.1. The van der Waals surface area contributed by atoms with Gasteiger partial charge in [0.05, 0.1) is 6.26 Å². The summed E-state index contributed by atoms with van der Waals surface area (Å²) in [5, 5.41) is 0. The molecule has 0 saturated heterocycles. The molecule has 0 aliphatic carbocycles. The largest absolute Gasteiger partial charge is 0.485 e. The van der Waals surface area contributed by atoms with Crippen LogP contribution in [0.3, 0.4) is 0 Å². The summed E-state index contributed by atoms with van der Waals surface area (Å²) in [6.07, 6.45) is 1.67. The normalized spacial score (nSPS) is 10.7. The molecule has 2 aromatic rings. The van der Waals surface area contributed by atoms with Gasteiger partial charge in [-0.2, -0.15) is 0 Å². The molecule has 0 aliphatic rings. The lowest BCUT2D eigenvalue weighted by Crippen LogP contribution is -1.98. The standard InChI is InChI=1S/C15H19NO2/c1-10-4-11(2)12(3)15(5-10)18-9-14-6-13(7-16)8-17-14/h4-6,8H,7,9,16H2,1-3H3. The van der Waals surface area contributed by atoms with Gasteiger partial charge in [0, 0.05) is 12.1 Å². The van der Waals surface area contributed by atoms with Gasteiger partial charge in [-0.05, 0) is 49.6 Å². The van der Waals surface area contributed by atoms with E-state index in [0.29, 0.717) is 13.2 Å². The van der Waals surface area contributed by atoms with Gasteiger partial charge in [-0.3, -0.25) is 0 Å². The van der Waals surface area contributed by atoms with E-state index in [2.05, 4.69) is 32.9 Å². The molecule has 0 spiro atoms. The summed E-state index contributed by atoms with van der Waals surface area (Å²) >= 11 is 0. The van der Waals surface area contributed by atoms with Crippen LogP contribution >= 0.6 is 0 Å². The molecule has 2 N–H and O–H groups in total. The van der Waals surface area contributed by atoms with E-state index in [-0.39, 0.29) is 0 Å². The highest BCUT2D eigenvalue weighted by Crippen LogP contribution is 2.24. The zero-order valence-electron chi connectivity index (χ0n) is 11.1. The molecule has 0 amide bonds. The number of benzene rings is 1. The molecule has 1 heterocycles. The number of rotatable bonds is 4. The van der Waals surface area contributed by atoms with Crippen LogP contribution in [0.5, 0.6) is 5.75 Å². The third kappa shape index (κ3) is 2.74. The fourth-order valence-corrected chi connectivity index (χ4v) is 1.91. The molecule has 3 heteroatoms. The topological polar surface area (TPSA) is 48.4 Å². The zero-order chi connectivity index (χ0) is 13.1. The zero-order valence-corrected chi connectivity index (χ0v) is 11.1. The van der Waals surface area contributed by atoms with E-state index >= 15 is 0 Å². The van der Waals surface area contributed by atoms with Crippen molar-refractivity contribution < 1.29 is 9.15 Å². The van der Waals surface area contributed by atoms with Gasteiger partial charge in [0.25, 0.3) is 0 Å². The minimum absolute atomic E-state index is 0.434. The molecule has 0 radical (unpaired) electrons. The van der Waals surface area contributed by atoms with Gasteiger partial charge >= 0.3 is 0 Å². The van der Waals surface area contributed by atoms with E-state index in [1.54, 1.807) is 6.26 Å². The van der Waals surface area contributed by atoms with Crippen molar-refractivity contribution in [2.75, 3.05) is 0 Å². The van der Waals surface area contributed by atoms with E-state index < -0.39 is 0 Å². The number of nitrogens with two attached hydrogens (primary N) is 1. The van der Waals surface area contributed by atoms with Gasteiger partial charge in [0.2, 0.25) is 0 Å². The Hall–Kier alpha value is -1.74. The van der Waals surface area contributed by atoms with Gasteiger partial charge in [0.15, 0.2) is 0 Å². The molecule has 96 valence electrons. The first-order chi connectivity index (χ1) is 8.60. The quantitative estimate of drug-likeness (QED) is 0.899. The van der Waals surface area contributed by atoms with Crippen molar-refractivity contribution >= 4 is 0 Å². The molecule has 2 rings (SSSR count). The van der Waals surface area contributed by atoms with Crippen molar-refractivity contribution in [3.05, 3.63) is 52.5 Å². The first-order valence-corrected chi connectivity index (χ1v) is 6.07. The maximum atomic E-state index is 5.81. The Balaban J connectivity index is 2.10. The van der Waals surface area contributed by atoms with E-state index in [0.717, 1.165) is 17.1 Å². The van der Waals surface area contributed by atoms with Gasteiger partial charge in [-0.1, -0.05) is 6.07 Å². The molecular formula is C15H19NO2. The molecular weight excluding hydrogens is 226 g/mol. The van der Waals surface area contributed by atoms with Crippen LogP contribution < -0.4 is 10.5 Å². The molecule has 1 aromatic heterocycles. The summed E-state index contributed by atoms with van der Waals surface area (Å²) in [7, 11) is 0. The first kappa shape index (κ1) is 12.7. The number of hydrogen-bond donors (Lipinski definition) is 1. The van der Waals surface area contributed by atoms with Crippen LogP contribution in [0.4, 0.5) is 0 Å². The molecule has 0 atom stereocenters. The lowest BCUT2D eigenvalue weighted by Gasteiger charge is -2.11. The van der Waals surface area contributed by atoms with Crippen LogP contribution in [0.15, 0.2) is 28.9 Å². The Bertz CT molecular complexity index is 543. The van der Waals surface area contributed by atoms with Crippen molar-refractivity contribution in [1.82, 2.24) is 0 Å². The average Bonchev–Trinajstić information content (AvgIpc) is 2.80. The summed E-state index contributed by atoms with van der Waals surface area (Å²) in [5.41, 5.74) is 10.1. The van der Waals surface area contributed by atoms with E-state index in [4.69, 9.17) is 14.9 Å². The van der Waals surface area contributed by atoms with E-state index in [1.807, 2.05) is 6.07 Å². The Morgan fingerprint density at radius 2 is 1.94 bits per heavy atom. The van der Waals surface area contributed by atoms with Gasteiger partial charge < -0.3 is 14.9 Å². The summed E-state index contributed by atoms with van der Waals surface area (Å²) in [6.45, 7) is 7.15. The van der Waals surface area contributed by atoms with Crippen molar-refractivity contribution in [2.45, 2.75) is 33.9 Å². The number of ether oxygens (including phenoxy) is 1. The second-order valence-corrected chi connectivity index (χ2v) is 4.62. The highest BCUT2D eigenvalue weighted by molar-refractivity contribution is 5.41. The predicted octanol–water partition coefficient (Wildman–Crippen LogP) is 3.24. The minimum atomic E-state index is 0.434. The lowest BCUT2D eigenvalue weighted by molar-refractivity contribution is 0.268. The van der Waals surface area contributed by atoms with Crippen LogP contribution in [-0.4, -0.2) is 0 Å². The molecule has 1 aromatic carbocycles. The van der Waals surface area contributed by atoms with Crippen LogP contribution in [0, 0.1) is 20.8 Å². The smallest absolute Gasteiger partial charge is 0.146 e. The summed E-state index contributed by atoms with van der Waals surface area (Å²) in [6, 6.07) is 6.13. The average molecular weight is 245 g/mol. The summed E-state index contributed by atoms with van der Waals surface area (Å²) in [5.74, 6) is 1.72. The number of aryl methyl sites for hydroxylation is 2. The predicted molar refractivity (Wildman–Crippen MR) is 71.6 cm³/mol. The van der Waals surface area contributed by atoms with Crippen molar-refractivity contribution in [3.63, 3.8) is 0 Å². The van der Waals surface area contributed by atoms with Crippen molar-refractivity contribution in [3.8, 4) is 5.75 Å². The molecule has 0 bridgehead atoms. The van der Waals surface area contributed by atoms with Crippen LogP contribution in [0.1, 0.15) is 28.0 Å². The Labute approximate surface area is 108 Å². The summed E-state index contributed by atoms with van der Waals surface area (Å²) in [4.78, 5) is 0. The maximum Gasteiger partial charge on any atom is 0.146 e. The Morgan fingerprint density at radius 3 is 2.61 bits per heavy atom. The SMILES string of the molecule is Cc1cc(C)c(C)c(OCc2cc(CN)co2)c1. The van der Waals surface area contributed by atoms with Crippen LogP contribution in [0.2, 0.25) is 0 Å². The highest BCUT2D eigenvalue weighted by atomic mass is 16.5. The molecule has 18 heavy (non-hydrogen) atoms. The second kappa shape index (κ2) is 5.27. The molecule has 3 nitrogen and oxygen atoms in total. The van der Waals surface area contributed by atoms with E-state index in [1.165, 1.54) is 16.7 Å². The van der Waals surface area contributed by atoms with Crippen LogP contribution in [0.25, 0.3) is 0 Å². The van der Waals surface area contributed by atoms with Crippen molar-refractivity contribution in [2.24, 2.45) is 5.73 Å². The highest BCUT2D eigenvalue weighted by Gasteiger charge is 2.06. The second-order valence-electron chi connectivity index (χ2n) is 4.62. The molecule has 0 unspecified atom stereocenters. The van der Waals surface area contributed by atoms with Crippen LogP contribution in [-0.2, 0) is 13.2 Å². The van der Waals surface area contributed by atoms with Gasteiger partial charge in [-0.25, -0.2) is 0 Å². The molecule has 0 fully saturated rings. The van der Waals surface area contributed by atoms with E-state index in [9.17, 15) is 0 Å². The fraction of sp³-hybridized carbons (Fsp3) is 0.333. The minimum Gasteiger partial charge on any atom is -0.485 e. The third-order valence-corrected chi connectivity index (χ3v) is 3.08. The third-order valence-electron chi connectivity index (χ3n) is 3.08. The van der Waals surface area contributed by atoms with Gasteiger partial charge in [-0.15, -0.1) is 0 Å². The monoisotopic (exact) mass is 245 g/mol.